The van der Waals surface area contributed by atoms with Crippen LogP contribution in [0, 0.1) is 6.92 Å². The second-order valence-electron chi connectivity index (χ2n) is 6.06. The molecule has 0 unspecified atom stereocenters. The third-order valence-corrected chi connectivity index (χ3v) is 4.91. The van der Waals surface area contributed by atoms with E-state index in [-0.39, 0.29) is 17.7 Å². The van der Waals surface area contributed by atoms with Crippen LogP contribution in [0.2, 0.25) is 0 Å². The highest BCUT2D eigenvalue weighted by Gasteiger charge is 2.14. The number of hydrogen-bond acceptors (Lipinski definition) is 4. The predicted octanol–water partition coefficient (Wildman–Crippen LogP) is 4.14. The molecule has 0 aliphatic heterocycles. The first-order valence-corrected chi connectivity index (χ1v) is 9.61. The summed E-state index contributed by atoms with van der Waals surface area (Å²) in [5.74, 6) is 0.974. The molecule has 2 aromatic carbocycles. The SMILES string of the molecule is CC[C@H](NC(=O)CSc1n[nH]c(-c2ccccc2)n1)c1ccc(C)cc1. The van der Waals surface area contributed by atoms with E-state index >= 15 is 0 Å². The number of carbonyl (C=O) groups excluding carboxylic acids is 1. The van der Waals surface area contributed by atoms with Crippen molar-refractivity contribution in [1.29, 1.82) is 0 Å². The number of rotatable bonds is 7. The second kappa shape index (κ2) is 8.67. The summed E-state index contributed by atoms with van der Waals surface area (Å²) in [5, 5.41) is 10.8. The number of nitrogens with zero attached hydrogens (tertiary/aromatic N) is 2. The zero-order valence-corrected chi connectivity index (χ0v) is 15.7. The molecular formula is C20H22N4OS. The highest BCUT2D eigenvalue weighted by atomic mass is 32.2. The van der Waals surface area contributed by atoms with E-state index in [4.69, 9.17) is 0 Å². The summed E-state index contributed by atoms with van der Waals surface area (Å²) in [7, 11) is 0. The Labute approximate surface area is 157 Å². The summed E-state index contributed by atoms with van der Waals surface area (Å²) < 4.78 is 0. The lowest BCUT2D eigenvalue weighted by atomic mass is 10.0. The summed E-state index contributed by atoms with van der Waals surface area (Å²) in [4.78, 5) is 16.7. The molecule has 1 amide bonds. The van der Waals surface area contributed by atoms with Crippen LogP contribution in [0.15, 0.2) is 59.8 Å². The van der Waals surface area contributed by atoms with E-state index in [1.807, 2.05) is 30.3 Å². The zero-order chi connectivity index (χ0) is 18.4. The quantitative estimate of drug-likeness (QED) is 0.617. The van der Waals surface area contributed by atoms with E-state index in [0.717, 1.165) is 17.5 Å². The summed E-state index contributed by atoms with van der Waals surface area (Å²) in [5.41, 5.74) is 3.31. The maximum absolute atomic E-state index is 12.3. The van der Waals surface area contributed by atoms with Crippen LogP contribution in [0.4, 0.5) is 0 Å². The van der Waals surface area contributed by atoms with Crippen LogP contribution in [0.3, 0.4) is 0 Å². The van der Waals surface area contributed by atoms with E-state index < -0.39 is 0 Å². The molecule has 0 radical (unpaired) electrons. The van der Waals surface area contributed by atoms with Gasteiger partial charge in [-0.15, -0.1) is 5.10 Å². The lowest BCUT2D eigenvalue weighted by Gasteiger charge is -2.17. The van der Waals surface area contributed by atoms with Crippen LogP contribution in [-0.2, 0) is 4.79 Å². The third-order valence-electron chi connectivity index (χ3n) is 4.07. The molecular weight excluding hydrogens is 344 g/mol. The van der Waals surface area contributed by atoms with Gasteiger partial charge in [0.05, 0.1) is 11.8 Å². The van der Waals surface area contributed by atoms with Gasteiger partial charge in [-0.3, -0.25) is 9.89 Å². The van der Waals surface area contributed by atoms with Gasteiger partial charge >= 0.3 is 0 Å². The van der Waals surface area contributed by atoms with E-state index in [0.29, 0.717) is 11.0 Å². The van der Waals surface area contributed by atoms with Crippen molar-refractivity contribution in [2.45, 2.75) is 31.5 Å². The van der Waals surface area contributed by atoms with Crippen molar-refractivity contribution in [3.8, 4) is 11.4 Å². The van der Waals surface area contributed by atoms with Crippen molar-refractivity contribution in [1.82, 2.24) is 20.5 Å². The highest BCUT2D eigenvalue weighted by molar-refractivity contribution is 7.99. The van der Waals surface area contributed by atoms with Gasteiger partial charge in [-0.05, 0) is 18.9 Å². The smallest absolute Gasteiger partial charge is 0.230 e. The molecule has 0 saturated carbocycles. The minimum atomic E-state index is -0.0199. The Kier molecular flexibility index (Phi) is 6.07. The largest absolute Gasteiger partial charge is 0.349 e. The van der Waals surface area contributed by atoms with E-state index in [2.05, 4.69) is 58.6 Å². The van der Waals surface area contributed by atoms with Crippen LogP contribution in [0.5, 0.6) is 0 Å². The normalized spacial score (nSPS) is 11.9. The minimum Gasteiger partial charge on any atom is -0.349 e. The van der Waals surface area contributed by atoms with Gasteiger partial charge in [0.25, 0.3) is 0 Å². The molecule has 0 fully saturated rings. The number of aromatic nitrogens is 3. The van der Waals surface area contributed by atoms with Gasteiger partial charge in [0, 0.05) is 5.56 Å². The number of amides is 1. The fourth-order valence-electron chi connectivity index (χ4n) is 2.62. The molecule has 3 rings (SSSR count). The van der Waals surface area contributed by atoms with Crippen molar-refractivity contribution in [3.63, 3.8) is 0 Å². The van der Waals surface area contributed by atoms with Gasteiger partial charge < -0.3 is 5.32 Å². The summed E-state index contributed by atoms with van der Waals surface area (Å²) in [6.45, 7) is 4.12. The molecule has 5 nitrogen and oxygen atoms in total. The molecule has 1 aromatic heterocycles. The standard InChI is InChI=1S/C20H22N4OS/c1-3-17(15-11-9-14(2)10-12-15)21-18(25)13-26-20-22-19(23-24-20)16-7-5-4-6-8-16/h4-12,17H,3,13H2,1-2H3,(H,21,25)(H,22,23,24)/t17-/m0/s1. The maximum Gasteiger partial charge on any atom is 0.230 e. The molecule has 6 heteroatoms. The Morgan fingerprint density at radius 2 is 1.88 bits per heavy atom. The third kappa shape index (κ3) is 4.73. The van der Waals surface area contributed by atoms with Crippen LogP contribution >= 0.6 is 11.8 Å². The van der Waals surface area contributed by atoms with Crippen LogP contribution in [-0.4, -0.2) is 26.8 Å². The van der Waals surface area contributed by atoms with Crippen molar-refractivity contribution in [2.75, 3.05) is 5.75 Å². The Hall–Kier alpha value is -2.60. The van der Waals surface area contributed by atoms with Gasteiger partial charge in [-0.25, -0.2) is 4.98 Å². The number of carbonyl (C=O) groups is 1. The van der Waals surface area contributed by atoms with Crippen molar-refractivity contribution >= 4 is 17.7 Å². The van der Waals surface area contributed by atoms with E-state index in [1.165, 1.54) is 17.3 Å². The van der Waals surface area contributed by atoms with Gasteiger partial charge in [0.1, 0.15) is 0 Å². The van der Waals surface area contributed by atoms with E-state index in [9.17, 15) is 4.79 Å². The number of benzene rings is 2. The number of aromatic amines is 1. The first-order valence-electron chi connectivity index (χ1n) is 8.62. The minimum absolute atomic E-state index is 0.0199. The average Bonchev–Trinajstić information content (AvgIpc) is 3.15. The molecule has 0 spiro atoms. The lowest BCUT2D eigenvalue weighted by molar-refractivity contribution is -0.119. The van der Waals surface area contributed by atoms with E-state index in [1.54, 1.807) is 0 Å². The zero-order valence-electron chi connectivity index (χ0n) is 14.9. The summed E-state index contributed by atoms with van der Waals surface area (Å²) in [6, 6.07) is 18.1. The molecule has 3 aromatic rings. The lowest BCUT2D eigenvalue weighted by Crippen LogP contribution is -2.29. The fraction of sp³-hybridized carbons (Fsp3) is 0.250. The highest BCUT2D eigenvalue weighted by Crippen LogP contribution is 2.20. The fourth-order valence-corrected chi connectivity index (χ4v) is 3.23. The average molecular weight is 366 g/mol. The second-order valence-corrected chi connectivity index (χ2v) is 7.00. The molecule has 26 heavy (non-hydrogen) atoms. The Bertz CT molecular complexity index is 846. The van der Waals surface area contributed by atoms with Gasteiger partial charge in [0.2, 0.25) is 11.1 Å². The van der Waals surface area contributed by atoms with Crippen molar-refractivity contribution in [2.24, 2.45) is 0 Å². The molecule has 1 heterocycles. The molecule has 0 bridgehead atoms. The number of aryl methyl sites for hydroxylation is 1. The molecule has 2 N–H and O–H groups in total. The molecule has 0 saturated heterocycles. The number of nitrogens with one attached hydrogen (secondary N) is 2. The first kappa shape index (κ1) is 18.2. The van der Waals surface area contributed by atoms with Crippen molar-refractivity contribution < 1.29 is 4.79 Å². The topological polar surface area (TPSA) is 70.7 Å². The van der Waals surface area contributed by atoms with Crippen LogP contribution < -0.4 is 5.32 Å². The maximum atomic E-state index is 12.3. The van der Waals surface area contributed by atoms with Gasteiger partial charge in [-0.1, -0.05) is 78.8 Å². The summed E-state index contributed by atoms with van der Waals surface area (Å²) in [6.07, 6.45) is 0.846. The number of thioether (sulfide) groups is 1. The van der Waals surface area contributed by atoms with Crippen molar-refractivity contribution in [3.05, 3.63) is 65.7 Å². The van der Waals surface area contributed by atoms with Gasteiger partial charge in [-0.2, -0.15) is 0 Å². The number of hydrogen-bond donors (Lipinski definition) is 2. The van der Waals surface area contributed by atoms with Crippen LogP contribution in [0.1, 0.15) is 30.5 Å². The number of H-pyrrole nitrogens is 1. The Morgan fingerprint density at radius 3 is 2.58 bits per heavy atom. The predicted molar refractivity (Wildman–Crippen MR) is 105 cm³/mol. The molecule has 0 aliphatic carbocycles. The molecule has 1 atom stereocenters. The monoisotopic (exact) mass is 366 g/mol. The first-order chi connectivity index (χ1) is 12.7. The Morgan fingerprint density at radius 1 is 1.15 bits per heavy atom. The Balaban J connectivity index is 1.55. The molecule has 0 aliphatic rings. The van der Waals surface area contributed by atoms with Crippen LogP contribution in [0.25, 0.3) is 11.4 Å². The summed E-state index contributed by atoms with van der Waals surface area (Å²) >= 11 is 1.33. The molecule has 134 valence electrons. The van der Waals surface area contributed by atoms with Gasteiger partial charge in [0.15, 0.2) is 5.82 Å².